The van der Waals surface area contributed by atoms with Crippen molar-refractivity contribution in [1.29, 1.82) is 0 Å². The molecule has 0 spiro atoms. The zero-order valence-electron chi connectivity index (χ0n) is 31.1. The third-order valence-corrected chi connectivity index (χ3v) is 11.2. The number of aromatic nitrogens is 1. The Hall–Kier alpha value is -7.62. The van der Waals surface area contributed by atoms with Crippen LogP contribution in [-0.2, 0) is 0 Å². The zero-order chi connectivity index (χ0) is 37.7. The first-order chi connectivity index (χ1) is 28.3. The molecule has 57 heavy (non-hydrogen) atoms. The fourth-order valence-corrected chi connectivity index (χ4v) is 8.48. The van der Waals surface area contributed by atoms with E-state index < -0.39 is 0 Å². The summed E-state index contributed by atoms with van der Waals surface area (Å²) in [5, 5.41) is 4.46. The van der Waals surface area contributed by atoms with Crippen molar-refractivity contribution >= 4 is 60.8 Å². The first-order valence-corrected chi connectivity index (χ1v) is 19.4. The number of para-hydroxylation sites is 3. The van der Waals surface area contributed by atoms with E-state index in [0.29, 0.717) is 0 Å². The van der Waals surface area contributed by atoms with E-state index in [2.05, 4.69) is 222 Å². The molecule has 0 N–H and O–H groups in total. The maximum absolute atomic E-state index is 6.86. The quantitative estimate of drug-likeness (QED) is 0.163. The van der Waals surface area contributed by atoms with Gasteiger partial charge < -0.3 is 13.9 Å². The molecule has 0 aliphatic heterocycles. The van der Waals surface area contributed by atoms with Gasteiger partial charge in [0.2, 0.25) is 0 Å². The van der Waals surface area contributed by atoms with Gasteiger partial charge in [-0.15, -0.1) is 0 Å². The lowest BCUT2D eigenvalue weighted by molar-refractivity contribution is 0.671. The summed E-state index contributed by atoms with van der Waals surface area (Å²) in [5.74, 6) is 0. The molecule has 3 nitrogen and oxygen atoms in total. The Kier molecular flexibility index (Phi) is 7.82. The summed E-state index contributed by atoms with van der Waals surface area (Å²) >= 11 is 0. The van der Waals surface area contributed by atoms with E-state index in [9.17, 15) is 0 Å². The maximum Gasteiger partial charge on any atom is 0.160 e. The second-order valence-corrected chi connectivity index (χ2v) is 14.5. The number of benzene rings is 9. The summed E-state index contributed by atoms with van der Waals surface area (Å²) in [7, 11) is 0. The molecule has 268 valence electrons. The molecular formula is C54H36N2O. The first kappa shape index (κ1) is 32.8. The van der Waals surface area contributed by atoms with E-state index in [1.807, 2.05) is 6.07 Å². The molecule has 0 aliphatic rings. The Morgan fingerprint density at radius 3 is 1.44 bits per heavy atom. The van der Waals surface area contributed by atoms with E-state index >= 15 is 0 Å². The topological polar surface area (TPSA) is 21.3 Å². The predicted molar refractivity (Wildman–Crippen MR) is 239 cm³/mol. The lowest BCUT2D eigenvalue weighted by Crippen LogP contribution is -2.10. The number of nitrogens with zero attached hydrogens (tertiary/aromatic N) is 2. The minimum Gasteiger partial charge on any atom is -0.454 e. The van der Waals surface area contributed by atoms with Crippen LogP contribution in [-0.4, -0.2) is 4.57 Å². The van der Waals surface area contributed by atoms with Crippen LogP contribution in [0.4, 0.5) is 17.1 Å². The fraction of sp³-hybridized carbons (Fsp3) is 0. The van der Waals surface area contributed by atoms with Crippen LogP contribution < -0.4 is 4.90 Å². The first-order valence-electron chi connectivity index (χ1n) is 19.4. The van der Waals surface area contributed by atoms with E-state index in [0.717, 1.165) is 66.5 Å². The van der Waals surface area contributed by atoms with Crippen LogP contribution in [0.25, 0.3) is 82.8 Å². The number of fused-ring (bicyclic) bond motifs is 7. The van der Waals surface area contributed by atoms with Gasteiger partial charge in [-0.3, -0.25) is 0 Å². The van der Waals surface area contributed by atoms with Gasteiger partial charge in [-0.1, -0.05) is 164 Å². The second kappa shape index (κ2) is 13.6. The fourth-order valence-electron chi connectivity index (χ4n) is 8.48. The van der Waals surface area contributed by atoms with Gasteiger partial charge in [0, 0.05) is 38.6 Å². The van der Waals surface area contributed by atoms with E-state index in [1.165, 1.54) is 33.4 Å². The molecule has 0 unspecified atom stereocenters. The molecule has 0 atom stereocenters. The van der Waals surface area contributed by atoms with Crippen molar-refractivity contribution in [1.82, 2.24) is 4.57 Å². The largest absolute Gasteiger partial charge is 0.454 e. The molecule has 0 bridgehead atoms. The number of rotatable bonds is 7. The van der Waals surface area contributed by atoms with Gasteiger partial charge in [0.25, 0.3) is 0 Å². The van der Waals surface area contributed by atoms with Gasteiger partial charge in [-0.25, -0.2) is 0 Å². The molecule has 2 aromatic heterocycles. The monoisotopic (exact) mass is 728 g/mol. The Balaban J connectivity index is 1.14. The molecule has 0 amide bonds. The van der Waals surface area contributed by atoms with Gasteiger partial charge >= 0.3 is 0 Å². The SMILES string of the molecule is c1ccc(-c2ccc(-c3ccc(N(c4ccccc4)c4cc5c6ccccc6oc5c5c4c4ccccc4n5-c4ccc(-c5ccccc5)cc4)cc3)cc2)cc1. The van der Waals surface area contributed by atoms with Crippen molar-refractivity contribution in [2.24, 2.45) is 0 Å². The lowest BCUT2D eigenvalue weighted by atomic mass is 10.00. The molecular weight excluding hydrogens is 693 g/mol. The average Bonchev–Trinajstić information content (AvgIpc) is 3.84. The van der Waals surface area contributed by atoms with Crippen LogP contribution in [0.3, 0.4) is 0 Å². The van der Waals surface area contributed by atoms with Gasteiger partial charge in [-0.05, 0) is 88.0 Å². The summed E-state index contributed by atoms with van der Waals surface area (Å²) in [5.41, 5.74) is 15.4. The molecule has 3 heteroatoms. The molecule has 0 saturated heterocycles. The highest BCUT2D eigenvalue weighted by Crippen LogP contribution is 2.49. The highest BCUT2D eigenvalue weighted by Gasteiger charge is 2.26. The molecule has 0 fully saturated rings. The Morgan fingerprint density at radius 1 is 0.368 bits per heavy atom. The number of hydrogen-bond acceptors (Lipinski definition) is 2. The molecule has 9 aromatic carbocycles. The summed E-state index contributed by atoms with van der Waals surface area (Å²) in [6, 6.07) is 78.0. The Morgan fingerprint density at radius 2 is 0.825 bits per heavy atom. The van der Waals surface area contributed by atoms with Gasteiger partial charge in [-0.2, -0.15) is 0 Å². The Bertz CT molecular complexity index is 3180. The maximum atomic E-state index is 6.86. The van der Waals surface area contributed by atoms with Crippen molar-refractivity contribution in [3.8, 4) is 39.1 Å². The van der Waals surface area contributed by atoms with Crippen molar-refractivity contribution < 1.29 is 4.42 Å². The number of furan rings is 1. The van der Waals surface area contributed by atoms with Crippen molar-refractivity contribution in [2.75, 3.05) is 4.90 Å². The average molecular weight is 729 g/mol. The van der Waals surface area contributed by atoms with E-state index in [-0.39, 0.29) is 0 Å². The van der Waals surface area contributed by atoms with Crippen LogP contribution in [0.1, 0.15) is 0 Å². The normalized spacial score (nSPS) is 11.5. The van der Waals surface area contributed by atoms with Crippen LogP contribution >= 0.6 is 0 Å². The minimum absolute atomic E-state index is 0.871. The van der Waals surface area contributed by atoms with Gasteiger partial charge in [0.05, 0.1) is 16.7 Å². The smallest absolute Gasteiger partial charge is 0.160 e. The standard InChI is InChI=1S/C54H36N2O/c1-4-14-37(15-5-1)39-24-26-40(27-25-39)42-28-32-44(33-29-42)55(43-18-8-3-9-19-43)50-36-48-46-20-11-13-23-51(46)57-54(48)53-52(50)47-21-10-12-22-49(47)56(53)45-34-30-41(31-35-45)38-16-6-2-7-17-38/h1-36H. The third-order valence-electron chi connectivity index (χ3n) is 11.2. The number of anilines is 3. The highest BCUT2D eigenvalue weighted by molar-refractivity contribution is 6.27. The van der Waals surface area contributed by atoms with Crippen molar-refractivity contribution in [3.05, 3.63) is 218 Å². The summed E-state index contributed by atoms with van der Waals surface area (Å²) < 4.78 is 9.25. The summed E-state index contributed by atoms with van der Waals surface area (Å²) in [6.45, 7) is 0. The van der Waals surface area contributed by atoms with Crippen LogP contribution in [0, 0.1) is 0 Å². The molecule has 0 radical (unpaired) electrons. The van der Waals surface area contributed by atoms with Crippen LogP contribution in [0.15, 0.2) is 223 Å². The Labute approximate surface area is 330 Å². The molecule has 0 aliphatic carbocycles. The van der Waals surface area contributed by atoms with E-state index in [1.54, 1.807) is 0 Å². The van der Waals surface area contributed by atoms with Crippen LogP contribution in [0.2, 0.25) is 0 Å². The van der Waals surface area contributed by atoms with Gasteiger partial charge in [0.15, 0.2) is 5.58 Å². The minimum atomic E-state index is 0.871. The molecule has 2 heterocycles. The number of hydrogen-bond donors (Lipinski definition) is 0. The summed E-state index contributed by atoms with van der Waals surface area (Å²) in [4.78, 5) is 2.40. The molecule has 11 rings (SSSR count). The lowest BCUT2D eigenvalue weighted by Gasteiger charge is -2.27. The third kappa shape index (κ3) is 5.60. The van der Waals surface area contributed by atoms with Crippen molar-refractivity contribution in [3.63, 3.8) is 0 Å². The summed E-state index contributed by atoms with van der Waals surface area (Å²) in [6.07, 6.45) is 0. The predicted octanol–water partition coefficient (Wildman–Crippen LogP) is 15.2. The van der Waals surface area contributed by atoms with Crippen molar-refractivity contribution in [2.45, 2.75) is 0 Å². The van der Waals surface area contributed by atoms with E-state index in [4.69, 9.17) is 4.42 Å². The molecule has 11 aromatic rings. The zero-order valence-corrected chi connectivity index (χ0v) is 31.1. The van der Waals surface area contributed by atoms with Gasteiger partial charge in [0.1, 0.15) is 5.58 Å². The molecule has 0 saturated carbocycles. The highest BCUT2D eigenvalue weighted by atomic mass is 16.3. The second-order valence-electron chi connectivity index (χ2n) is 14.5. The van der Waals surface area contributed by atoms with Crippen LogP contribution in [0.5, 0.6) is 0 Å².